The highest BCUT2D eigenvalue weighted by molar-refractivity contribution is 5.96. The van der Waals surface area contributed by atoms with Crippen molar-refractivity contribution in [2.24, 2.45) is 0 Å². The van der Waals surface area contributed by atoms with Crippen LogP contribution in [0.4, 0.5) is 0 Å². The number of aryl methyl sites for hydroxylation is 1. The molecule has 2 aromatic rings. The van der Waals surface area contributed by atoms with Crippen molar-refractivity contribution in [1.82, 2.24) is 20.4 Å². The molecule has 102 valence electrons. The van der Waals surface area contributed by atoms with E-state index < -0.39 is 0 Å². The first kappa shape index (κ1) is 13.3. The van der Waals surface area contributed by atoms with Gasteiger partial charge < -0.3 is 14.8 Å². The number of aromatic amines is 1. The third kappa shape index (κ3) is 3.01. The highest BCUT2D eigenvalue weighted by atomic mass is 16.5. The molecule has 2 heterocycles. The molecule has 0 saturated carbocycles. The number of hydrogen-bond donors (Lipinski definition) is 2. The molecule has 0 radical (unpaired) electrons. The number of nitrogens with one attached hydrogen (secondary N) is 2. The molecular weight excluding hydrogens is 244 g/mol. The molecule has 2 N–H and O–H groups in total. The van der Waals surface area contributed by atoms with E-state index in [1.165, 1.54) is 0 Å². The van der Waals surface area contributed by atoms with Gasteiger partial charge in [-0.1, -0.05) is 19.0 Å². The summed E-state index contributed by atoms with van der Waals surface area (Å²) in [6.45, 7) is 6.27. The predicted molar refractivity (Wildman–Crippen MR) is 70.0 cm³/mol. The number of hydrogen-bond acceptors (Lipinski definition) is 4. The van der Waals surface area contributed by atoms with E-state index in [-0.39, 0.29) is 11.8 Å². The van der Waals surface area contributed by atoms with Gasteiger partial charge in [-0.3, -0.25) is 4.79 Å². The van der Waals surface area contributed by atoms with Crippen molar-refractivity contribution < 1.29 is 9.32 Å². The third-order valence-electron chi connectivity index (χ3n) is 2.88. The molecule has 1 amide bonds. The molecule has 0 saturated heterocycles. The van der Waals surface area contributed by atoms with E-state index in [0.29, 0.717) is 30.0 Å². The van der Waals surface area contributed by atoms with E-state index in [0.717, 1.165) is 5.69 Å². The summed E-state index contributed by atoms with van der Waals surface area (Å²) in [6, 6.07) is 0. The van der Waals surface area contributed by atoms with Gasteiger partial charge in [-0.05, 0) is 6.92 Å². The summed E-state index contributed by atoms with van der Waals surface area (Å²) < 4.78 is 5.20. The van der Waals surface area contributed by atoms with Crippen molar-refractivity contribution in [2.45, 2.75) is 33.1 Å². The lowest BCUT2D eigenvalue weighted by molar-refractivity contribution is 0.0951. The highest BCUT2D eigenvalue weighted by Crippen LogP contribution is 2.21. The standard InChI is InChI=1S/C13H18N4O2/c1-8(2)12-11(9(3)17-19-12)13(18)15-5-4-10-6-14-7-16-10/h6-8H,4-5H2,1-3H3,(H,14,16)(H,15,18). The SMILES string of the molecule is Cc1noc(C(C)C)c1C(=O)NCCc1cnc[nH]1. The van der Waals surface area contributed by atoms with E-state index in [1.54, 1.807) is 19.4 Å². The van der Waals surface area contributed by atoms with Crippen LogP contribution in [0.3, 0.4) is 0 Å². The van der Waals surface area contributed by atoms with Crippen LogP contribution in [0.5, 0.6) is 0 Å². The van der Waals surface area contributed by atoms with Crippen molar-refractivity contribution in [3.63, 3.8) is 0 Å². The molecule has 0 aliphatic carbocycles. The van der Waals surface area contributed by atoms with Gasteiger partial charge in [0, 0.05) is 30.8 Å². The molecule has 19 heavy (non-hydrogen) atoms. The largest absolute Gasteiger partial charge is 0.360 e. The van der Waals surface area contributed by atoms with Crippen LogP contribution in [0.1, 0.15) is 47.3 Å². The first-order valence-corrected chi connectivity index (χ1v) is 6.31. The van der Waals surface area contributed by atoms with Gasteiger partial charge in [0.2, 0.25) is 0 Å². The topological polar surface area (TPSA) is 83.8 Å². The van der Waals surface area contributed by atoms with E-state index in [1.807, 2.05) is 13.8 Å². The Morgan fingerprint density at radius 3 is 2.95 bits per heavy atom. The summed E-state index contributed by atoms with van der Waals surface area (Å²) in [5, 5.41) is 6.74. The van der Waals surface area contributed by atoms with Crippen molar-refractivity contribution in [2.75, 3.05) is 6.54 Å². The average molecular weight is 262 g/mol. The third-order valence-corrected chi connectivity index (χ3v) is 2.88. The van der Waals surface area contributed by atoms with Crippen LogP contribution in [-0.4, -0.2) is 27.6 Å². The summed E-state index contributed by atoms with van der Waals surface area (Å²) in [4.78, 5) is 19.1. The fourth-order valence-corrected chi connectivity index (χ4v) is 1.88. The zero-order valence-corrected chi connectivity index (χ0v) is 11.4. The van der Waals surface area contributed by atoms with Gasteiger partial charge >= 0.3 is 0 Å². The van der Waals surface area contributed by atoms with Crippen molar-refractivity contribution in [3.8, 4) is 0 Å². The Balaban J connectivity index is 1.98. The summed E-state index contributed by atoms with van der Waals surface area (Å²) in [5.41, 5.74) is 2.17. The molecule has 0 fully saturated rings. The van der Waals surface area contributed by atoms with Gasteiger partial charge in [0.25, 0.3) is 5.91 Å². The number of carbonyl (C=O) groups excluding carboxylic acids is 1. The maximum atomic E-state index is 12.1. The Kier molecular flexibility index (Phi) is 3.99. The van der Waals surface area contributed by atoms with E-state index in [4.69, 9.17) is 4.52 Å². The highest BCUT2D eigenvalue weighted by Gasteiger charge is 2.22. The number of imidazole rings is 1. The number of nitrogens with zero attached hydrogens (tertiary/aromatic N) is 2. The lowest BCUT2D eigenvalue weighted by Gasteiger charge is -2.06. The zero-order valence-electron chi connectivity index (χ0n) is 11.4. The minimum Gasteiger partial charge on any atom is -0.360 e. The molecule has 0 unspecified atom stereocenters. The Morgan fingerprint density at radius 2 is 2.32 bits per heavy atom. The van der Waals surface area contributed by atoms with Gasteiger partial charge in [0.05, 0.1) is 12.0 Å². The zero-order chi connectivity index (χ0) is 13.8. The summed E-state index contributed by atoms with van der Waals surface area (Å²) >= 11 is 0. The predicted octanol–water partition coefficient (Wildman–Crippen LogP) is 1.80. The normalized spacial score (nSPS) is 10.9. The van der Waals surface area contributed by atoms with Gasteiger partial charge in [0.15, 0.2) is 5.76 Å². The van der Waals surface area contributed by atoms with Gasteiger partial charge in [0.1, 0.15) is 5.56 Å². The Hall–Kier alpha value is -2.11. The molecule has 0 aromatic carbocycles. The van der Waals surface area contributed by atoms with Gasteiger partial charge in [-0.2, -0.15) is 0 Å². The fraction of sp³-hybridized carbons (Fsp3) is 0.462. The second kappa shape index (κ2) is 5.69. The second-order valence-electron chi connectivity index (χ2n) is 4.74. The Morgan fingerprint density at radius 1 is 1.53 bits per heavy atom. The van der Waals surface area contributed by atoms with Crippen LogP contribution in [0.15, 0.2) is 17.0 Å². The maximum absolute atomic E-state index is 12.1. The van der Waals surface area contributed by atoms with E-state index >= 15 is 0 Å². The van der Waals surface area contributed by atoms with Crippen molar-refractivity contribution >= 4 is 5.91 Å². The van der Waals surface area contributed by atoms with Crippen LogP contribution in [0.25, 0.3) is 0 Å². The van der Waals surface area contributed by atoms with Crippen molar-refractivity contribution in [1.29, 1.82) is 0 Å². The molecule has 0 spiro atoms. The van der Waals surface area contributed by atoms with Crippen LogP contribution in [0, 0.1) is 6.92 Å². The fourth-order valence-electron chi connectivity index (χ4n) is 1.88. The van der Waals surface area contributed by atoms with Crippen LogP contribution >= 0.6 is 0 Å². The van der Waals surface area contributed by atoms with Crippen LogP contribution in [-0.2, 0) is 6.42 Å². The molecule has 6 heteroatoms. The smallest absolute Gasteiger partial charge is 0.256 e. The Bertz CT molecular complexity index is 543. The molecule has 0 aliphatic heterocycles. The summed E-state index contributed by atoms with van der Waals surface area (Å²) in [6.07, 6.45) is 4.08. The molecule has 0 bridgehead atoms. The van der Waals surface area contributed by atoms with Crippen LogP contribution < -0.4 is 5.32 Å². The number of aromatic nitrogens is 3. The van der Waals surface area contributed by atoms with E-state index in [2.05, 4.69) is 20.4 Å². The summed E-state index contributed by atoms with van der Waals surface area (Å²) in [7, 11) is 0. The molecule has 0 aliphatic rings. The lowest BCUT2D eigenvalue weighted by atomic mass is 10.0. The van der Waals surface area contributed by atoms with Gasteiger partial charge in [-0.15, -0.1) is 0 Å². The van der Waals surface area contributed by atoms with Crippen molar-refractivity contribution in [3.05, 3.63) is 35.2 Å². The summed E-state index contributed by atoms with van der Waals surface area (Å²) in [5.74, 6) is 0.632. The molecule has 2 rings (SSSR count). The molecule has 2 aromatic heterocycles. The average Bonchev–Trinajstić information content (AvgIpc) is 2.98. The molecule has 0 atom stereocenters. The van der Waals surface area contributed by atoms with Crippen LogP contribution in [0.2, 0.25) is 0 Å². The minimum absolute atomic E-state index is 0.134. The second-order valence-corrected chi connectivity index (χ2v) is 4.74. The maximum Gasteiger partial charge on any atom is 0.256 e. The Labute approximate surface area is 111 Å². The quantitative estimate of drug-likeness (QED) is 0.860. The minimum atomic E-state index is -0.137. The number of H-pyrrole nitrogens is 1. The number of rotatable bonds is 5. The number of carbonyl (C=O) groups is 1. The van der Waals surface area contributed by atoms with Gasteiger partial charge in [-0.25, -0.2) is 4.98 Å². The first-order valence-electron chi connectivity index (χ1n) is 6.31. The molecule has 6 nitrogen and oxygen atoms in total. The lowest BCUT2D eigenvalue weighted by Crippen LogP contribution is -2.27. The molecular formula is C13H18N4O2. The monoisotopic (exact) mass is 262 g/mol. The van der Waals surface area contributed by atoms with E-state index in [9.17, 15) is 4.79 Å². The number of amides is 1. The first-order chi connectivity index (χ1) is 9.09.